The minimum absolute atomic E-state index is 0.156. The van der Waals surface area contributed by atoms with Gasteiger partial charge in [0, 0.05) is 5.56 Å². The Hall–Kier alpha value is -1.02. The van der Waals surface area contributed by atoms with Gasteiger partial charge in [-0.25, -0.2) is 0 Å². The van der Waals surface area contributed by atoms with Crippen LogP contribution in [0.25, 0.3) is 0 Å². The van der Waals surface area contributed by atoms with E-state index in [4.69, 9.17) is 11.6 Å². The van der Waals surface area contributed by atoms with Crippen LogP contribution in [-0.4, -0.2) is 12.3 Å². The topological polar surface area (TPSA) is 21.6 Å². The molecule has 1 aromatic carbocycles. The third-order valence-electron chi connectivity index (χ3n) is 2.16. The van der Waals surface area contributed by atoms with Crippen molar-refractivity contribution in [2.45, 2.75) is 26.2 Å². The molecule has 0 heterocycles. The summed E-state index contributed by atoms with van der Waals surface area (Å²) in [6, 6.07) is 8.02. The van der Waals surface area contributed by atoms with E-state index in [9.17, 15) is 0 Å². The van der Waals surface area contributed by atoms with E-state index >= 15 is 0 Å². The van der Waals surface area contributed by atoms with Gasteiger partial charge in [-0.05, 0) is 11.0 Å². The van der Waals surface area contributed by atoms with E-state index in [2.05, 4.69) is 42.9 Å². The lowest BCUT2D eigenvalue weighted by atomic mass is 9.87. The number of oxime groups is 1. The van der Waals surface area contributed by atoms with Crippen LogP contribution in [0.4, 0.5) is 0 Å². The second kappa shape index (κ2) is 4.67. The van der Waals surface area contributed by atoms with Crippen molar-refractivity contribution in [3.63, 3.8) is 0 Å². The van der Waals surface area contributed by atoms with Gasteiger partial charge in [0.1, 0.15) is 7.11 Å². The summed E-state index contributed by atoms with van der Waals surface area (Å²) in [6.07, 6.45) is 0. The number of rotatable bonds is 2. The maximum Gasteiger partial charge on any atom is 0.175 e. The van der Waals surface area contributed by atoms with Crippen LogP contribution in [0.1, 0.15) is 31.9 Å². The molecule has 0 aromatic heterocycles. The molecule has 0 atom stereocenters. The van der Waals surface area contributed by atoms with Gasteiger partial charge in [-0.1, -0.05) is 61.8 Å². The van der Waals surface area contributed by atoms with E-state index in [1.54, 1.807) is 0 Å². The molecular weight excluding hydrogens is 210 g/mol. The highest BCUT2D eigenvalue weighted by molar-refractivity contribution is 6.69. The smallest absolute Gasteiger partial charge is 0.175 e. The van der Waals surface area contributed by atoms with Crippen molar-refractivity contribution in [3.05, 3.63) is 35.4 Å². The average molecular weight is 226 g/mol. The largest absolute Gasteiger partial charge is 0.398 e. The Morgan fingerprint density at radius 1 is 1.20 bits per heavy atom. The van der Waals surface area contributed by atoms with Crippen LogP contribution in [-0.2, 0) is 10.3 Å². The van der Waals surface area contributed by atoms with Crippen molar-refractivity contribution in [1.82, 2.24) is 0 Å². The SMILES string of the molecule is CO/N=C(\Cl)c1ccc(C(C)(C)C)cc1. The van der Waals surface area contributed by atoms with Crippen LogP contribution in [0.3, 0.4) is 0 Å². The van der Waals surface area contributed by atoms with Crippen LogP contribution in [0.2, 0.25) is 0 Å². The lowest BCUT2D eigenvalue weighted by Crippen LogP contribution is -2.10. The van der Waals surface area contributed by atoms with Crippen LogP contribution in [0.15, 0.2) is 29.4 Å². The maximum absolute atomic E-state index is 5.90. The van der Waals surface area contributed by atoms with Crippen molar-refractivity contribution in [2.24, 2.45) is 5.16 Å². The number of hydrogen-bond acceptors (Lipinski definition) is 2. The standard InChI is InChI=1S/C12H16ClNO/c1-12(2,3)10-7-5-9(6-8-10)11(13)14-15-4/h5-8H,1-4H3/b14-11-. The summed E-state index contributed by atoms with van der Waals surface area (Å²) in [5.74, 6) is 0. The zero-order valence-electron chi connectivity index (χ0n) is 9.54. The van der Waals surface area contributed by atoms with Crippen molar-refractivity contribution in [3.8, 4) is 0 Å². The van der Waals surface area contributed by atoms with Crippen LogP contribution in [0, 0.1) is 0 Å². The number of halogens is 1. The van der Waals surface area contributed by atoms with Gasteiger partial charge >= 0.3 is 0 Å². The molecule has 0 fully saturated rings. The summed E-state index contributed by atoms with van der Waals surface area (Å²) in [5, 5.41) is 4.04. The van der Waals surface area contributed by atoms with Gasteiger partial charge < -0.3 is 4.84 Å². The molecule has 0 unspecified atom stereocenters. The molecule has 0 bridgehead atoms. The predicted octanol–water partition coefficient (Wildman–Crippen LogP) is 3.53. The molecule has 1 aromatic rings. The molecule has 0 aliphatic heterocycles. The molecule has 0 aliphatic carbocycles. The van der Waals surface area contributed by atoms with Gasteiger partial charge in [-0.2, -0.15) is 0 Å². The maximum atomic E-state index is 5.90. The Bertz CT molecular complexity index is 349. The molecule has 0 radical (unpaired) electrons. The van der Waals surface area contributed by atoms with Gasteiger partial charge in [0.25, 0.3) is 0 Å². The third kappa shape index (κ3) is 3.24. The summed E-state index contributed by atoms with van der Waals surface area (Å²) >= 11 is 5.90. The lowest BCUT2D eigenvalue weighted by molar-refractivity contribution is 0.214. The normalized spacial score (nSPS) is 12.7. The molecular formula is C12H16ClNO. The highest BCUT2D eigenvalue weighted by Crippen LogP contribution is 2.22. The van der Waals surface area contributed by atoms with Gasteiger partial charge in [0.15, 0.2) is 5.17 Å². The Balaban J connectivity index is 2.96. The fourth-order valence-corrected chi connectivity index (χ4v) is 1.44. The van der Waals surface area contributed by atoms with Gasteiger partial charge in [0.2, 0.25) is 0 Å². The highest BCUT2D eigenvalue weighted by atomic mass is 35.5. The molecule has 1 rings (SSSR count). The van der Waals surface area contributed by atoms with Crippen LogP contribution >= 0.6 is 11.6 Å². The second-order valence-electron chi connectivity index (χ2n) is 4.39. The summed E-state index contributed by atoms with van der Waals surface area (Å²) in [5.41, 5.74) is 2.29. The summed E-state index contributed by atoms with van der Waals surface area (Å²) < 4.78 is 0. The number of benzene rings is 1. The van der Waals surface area contributed by atoms with E-state index < -0.39 is 0 Å². The third-order valence-corrected chi connectivity index (χ3v) is 2.45. The van der Waals surface area contributed by atoms with Crippen molar-refractivity contribution in [2.75, 3.05) is 7.11 Å². The highest BCUT2D eigenvalue weighted by Gasteiger charge is 2.13. The lowest BCUT2D eigenvalue weighted by Gasteiger charge is -2.18. The summed E-state index contributed by atoms with van der Waals surface area (Å²) in [6.45, 7) is 6.52. The van der Waals surface area contributed by atoms with Crippen molar-refractivity contribution >= 4 is 16.8 Å². The minimum Gasteiger partial charge on any atom is -0.398 e. The first-order chi connectivity index (χ1) is 6.95. The quantitative estimate of drug-likeness (QED) is 0.558. The van der Waals surface area contributed by atoms with Gasteiger partial charge in [-0.3, -0.25) is 0 Å². The zero-order chi connectivity index (χ0) is 11.5. The fraction of sp³-hybridized carbons (Fsp3) is 0.417. The van der Waals surface area contributed by atoms with E-state index in [0.29, 0.717) is 5.17 Å². The average Bonchev–Trinajstić information content (AvgIpc) is 2.17. The van der Waals surface area contributed by atoms with Gasteiger partial charge in [0.05, 0.1) is 0 Å². The first kappa shape index (κ1) is 12.1. The van der Waals surface area contributed by atoms with Gasteiger partial charge in [-0.15, -0.1) is 0 Å². The molecule has 0 N–H and O–H groups in total. The van der Waals surface area contributed by atoms with E-state index in [1.807, 2.05) is 12.1 Å². The molecule has 82 valence electrons. The molecule has 0 spiro atoms. The summed E-state index contributed by atoms with van der Waals surface area (Å²) in [4.78, 5) is 4.61. The predicted molar refractivity (Wildman–Crippen MR) is 64.5 cm³/mol. The zero-order valence-corrected chi connectivity index (χ0v) is 10.3. The molecule has 0 saturated heterocycles. The summed E-state index contributed by atoms with van der Waals surface area (Å²) in [7, 11) is 1.48. The fourth-order valence-electron chi connectivity index (χ4n) is 1.24. The minimum atomic E-state index is 0.156. The van der Waals surface area contributed by atoms with E-state index in [-0.39, 0.29) is 5.41 Å². The molecule has 0 aliphatic rings. The molecule has 0 saturated carbocycles. The van der Waals surface area contributed by atoms with Crippen molar-refractivity contribution < 1.29 is 4.84 Å². The van der Waals surface area contributed by atoms with E-state index in [0.717, 1.165) is 5.56 Å². The van der Waals surface area contributed by atoms with Crippen molar-refractivity contribution in [1.29, 1.82) is 0 Å². The first-order valence-corrected chi connectivity index (χ1v) is 5.20. The number of hydrogen-bond donors (Lipinski definition) is 0. The second-order valence-corrected chi connectivity index (χ2v) is 4.75. The monoisotopic (exact) mass is 225 g/mol. The molecule has 2 nitrogen and oxygen atoms in total. The Morgan fingerprint density at radius 3 is 2.13 bits per heavy atom. The molecule has 0 amide bonds. The molecule has 15 heavy (non-hydrogen) atoms. The first-order valence-electron chi connectivity index (χ1n) is 4.82. The number of nitrogens with zero attached hydrogens (tertiary/aromatic N) is 1. The molecule has 3 heteroatoms. The Morgan fingerprint density at radius 2 is 1.73 bits per heavy atom. The van der Waals surface area contributed by atoms with E-state index in [1.165, 1.54) is 12.7 Å². The van der Waals surface area contributed by atoms with Crippen LogP contribution in [0.5, 0.6) is 0 Å². The Kier molecular flexibility index (Phi) is 3.75. The van der Waals surface area contributed by atoms with Crippen LogP contribution < -0.4 is 0 Å². The Labute approximate surface area is 95.9 Å².